The summed E-state index contributed by atoms with van der Waals surface area (Å²) in [5, 5.41) is 11.1. The van der Waals surface area contributed by atoms with E-state index in [4.69, 9.17) is 4.74 Å². The first-order chi connectivity index (χ1) is 16.9. The molecule has 4 heteroatoms. The van der Waals surface area contributed by atoms with Gasteiger partial charge in [-0.2, -0.15) is 0 Å². The van der Waals surface area contributed by atoms with E-state index in [0.29, 0.717) is 13.0 Å². The molecule has 1 saturated heterocycles. The lowest BCUT2D eigenvalue weighted by atomic mass is 9.50. The Morgan fingerprint density at radius 1 is 1.00 bits per heavy atom. The van der Waals surface area contributed by atoms with Gasteiger partial charge in [-0.3, -0.25) is 9.69 Å². The van der Waals surface area contributed by atoms with Gasteiger partial charge in [-0.05, 0) is 47.7 Å². The molecule has 0 amide bonds. The highest BCUT2D eigenvalue weighted by molar-refractivity contribution is 5.86. The third-order valence-corrected chi connectivity index (χ3v) is 8.54. The molecule has 4 nitrogen and oxygen atoms in total. The minimum atomic E-state index is -0.966. The van der Waals surface area contributed by atoms with Gasteiger partial charge in [0.2, 0.25) is 0 Å². The number of allylic oxidation sites excluding steroid dienone is 1. The van der Waals surface area contributed by atoms with Gasteiger partial charge in [-0.15, -0.1) is 0 Å². The summed E-state index contributed by atoms with van der Waals surface area (Å²) in [5.41, 5.74) is 2.99. The minimum absolute atomic E-state index is 0.0583. The van der Waals surface area contributed by atoms with E-state index < -0.39 is 16.8 Å². The number of carbonyl (C=O) groups is 1. The summed E-state index contributed by atoms with van der Waals surface area (Å²) in [7, 11) is 1.66. The van der Waals surface area contributed by atoms with E-state index in [1.54, 1.807) is 7.11 Å². The van der Waals surface area contributed by atoms with Gasteiger partial charge in [0.25, 0.3) is 0 Å². The first kappa shape index (κ1) is 23.4. The predicted octanol–water partition coefficient (Wildman–Crippen LogP) is 6.03. The summed E-state index contributed by atoms with van der Waals surface area (Å²) < 4.78 is 5.37. The molecule has 0 bridgehead atoms. The van der Waals surface area contributed by atoms with E-state index in [9.17, 15) is 9.90 Å². The van der Waals surface area contributed by atoms with Crippen LogP contribution in [0.5, 0.6) is 5.75 Å². The summed E-state index contributed by atoms with van der Waals surface area (Å²) in [6.45, 7) is 5.59. The first-order valence-corrected chi connectivity index (χ1v) is 12.3. The van der Waals surface area contributed by atoms with Gasteiger partial charge in [0.15, 0.2) is 0 Å². The molecule has 3 aromatic rings. The largest absolute Gasteiger partial charge is 0.497 e. The molecule has 3 aromatic carbocycles. The van der Waals surface area contributed by atoms with E-state index in [1.165, 1.54) is 5.56 Å². The van der Waals surface area contributed by atoms with Crippen LogP contribution in [0.1, 0.15) is 37.0 Å². The second kappa shape index (κ2) is 9.01. The Hall–Kier alpha value is -3.37. The van der Waals surface area contributed by atoms with Crippen LogP contribution in [-0.4, -0.2) is 35.7 Å². The molecular formula is C31H33NO3. The highest BCUT2D eigenvalue weighted by Crippen LogP contribution is 2.62. The Bertz CT molecular complexity index is 1220. The number of fused-ring (bicyclic) bond motifs is 1. The van der Waals surface area contributed by atoms with Gasteiger partial charge < -0.3 is 9.84 Å². The minimum Gasteiger partial charge on any atom is -0.497 e. The Morgan fingerprint density at radius 3 is 2.23 bits per heavy atom. The second-order valence-corrected chi connectivity index (χ2v) is 10.2. The van der Waals surface area contributed by atoms with Crippen molar-refractivity contribution in [3.05, 3.63) is 108 Å². The number of nitrogens with zero attached hydrogens (tertiary/aromatic N) is 1. The Balaban J connectivity index is 1.67. The van der Waals surface area contributed by atoms with E-state index >= 15 is 0 Å². The summed E-state index contributed by atoms with van der Waals surface area (Å²) in [5.74, 6) is -0.0691. The molecular weight excluding hydrogens is 434 g/mol. The second-order valence-electron chi connectivity index (χ2n) is 10.2. The number of methoxy groups -OCH3 is 1. The van der Waals surface area contributed by atoms with Crippen molar-refractivity contribution in [2.75, 3.05) is 13.7 Å². The van der Waals surface area contributed by atoms with Gasteiger partial charge in [-0.25, -0.2) is 0 Å². The van der Waals surface area contributed by atoms with Crippen molar-refractivity contribution in [2.24, 2.45) is 11.3 Å². The number of ether oxygens (including phenoxy) is 1. The molecule has 5 rings (SSSR count). The molecule has 0 aromatic heterocycles. The van der Waals surface area contributed by atoms with Crippen molar-refractivity contribution in [2.45, 2.75) is 38.3 Å². The van der Waals surface area contributed by atoms with Crippen LogP contribution in [0.3, 0.4) is 0 Å². The van der Waals surface area contributed by atoms with Crippen LogP contribution >= 0.6 is 0 Å². The van der Waals surface area contributed by atoms with E-state index in [-0.39, 0.29) is 12.0 Å². The normalized spacial score (nSPS) is 28.3. The Morgan fingerprint density at radius 2 is 1.63 bits per heavy atom. The van der Waals surface area contributed by atoms with Crippen molar-refractivity contribution < 1.29 is 14.6 Å². The van der Waals surface area contributed by atoms with Crippen LogP contribution in [0, 0.1) is 11.3 Å². The molecule has 4 atom stereocenters. The van der Waals surface area contributed by atoms with Crippen molar-refractivity contribution in [3.8, 4) is 5.75 Å². The number of hydrogen-bond donors (Lipinski definition) is 1. The molecule has 35 heavy (non-hydrogen) atoms. The molecule has 1 aliphatic heterocycles. The molecule has 1 aliphatic carbocycles. The van der Waals surface area contributed by atoms with Crippen molar-refractivity contribution in [3.63, 3.8) is 0 Å². The highest BCUT2D eigenvalue weighted by Gasteiger charge is 2.67. The summed E-state index contributed by atoms with van der Waals surface area (Å²) in [4.78, 5) is 15.9. The SMILES string of the molecule is COc1ccc(C2=CCC(C)(c3ccccc3)C3(C(=O)O)CN(Cc4ccccc4)C(C)C23)cc1. The van der Waals surface area contributed by atoms with Crippen LogP contribution in [-0.2, 0) is 16.8 Å². The standard InChI is InChI=1S/C31H33NO3/c1-22-28-27(24-14-16-26(35-3)17-15-24)18-19-30(2,25-12-8-5-9-13-25)31(28,29(33)34)21-32(22)20-23-10-6-4-7-11-23/h4-18,22,28H,19-21H2,1-3H3,(H,33,34). The number of carboxylic acid groups (broad SMARTS) is 1. The van der Waals surface area contributed by atoms with E-state index in [1.807, 2.05) is 48.5 Å². The van der Waals surface area contributed by atoms with Crippen LogP contribution in [0.15, 0.2) is 91.0 Å². The fourth-order valence-corrected chi connectivity index (χ4v) is 6.57. The fourth-order valence-electron chi connectivity index (χ4n) is 6.57. The quantitative estimate of drug-likeness (QED) is 0.481. The molecule has 2 aliphatic rings. The van der Waals surface area contributed by atoms with Crippen molar-refractivity contribution in [1.82, 2.24) is 4.90 Å². The molecule has 0 saturated carbocycles. The zero-order valence-electron chi connectivity index (χ0n) is 20.6. The number of rotatable bonds is 6. The molecule has 1 heterocycles. The molecule has 180 valence electrons. The van der Waals surface area contributed by atoms with Crippen LogP contribution < -0.4 is 4.74 Å². The number of hydrogen-bond acceptors (Lipinski definition) is 3. The van der Waals surface area contributed by atoms with Gasteiger partial charge >= 0.3 is 5.97 Å². The van der Waals surface area contributed by atoms with Crippen LogP contribution in [0.25, 0.3) is 5.57 Å². The number of carboxylic acids is 1. The maximum atomic E-state index is 13.5. The predicted molar refractivity (Wildman–Crippen MR) is 139 cm³/mol. The fraction of sp³-hybridized carbons (Fsp3) is 0.323. The molecule has 0 spiro atoms. The molecule has 0 radical (unpaired) electrons. The van der Waals surface area contributed by atoms with E-state index in [0.717, 1.165) is 29.0 Å². The molecule has 4 unspecified atom stereocenters. The van der Waals surface area contributed by atoms with Gasteiger partial charge in [-0.1, -0.05) is 85.8 Å². The smallest absolute Gasteiger partial charge is 0.312 e. The number of benzene rings is 3. The van der Waals surface area contributed by atoms with Crippen molar-refractivity contribution >= 4 is 11.5 Å². The summed E-state index contributed by atoms with van der Waals surface area (Å²) in [6.07, 6.45) is 2.97. The molecule has 1 fully saturated rings. The molecule has 1 N–H and O–H groups in total. The average molecular weight is 468 g/mol. The van der Waals surface area contributed by atoms with Gasteiger partial charge in [0.1, 0.15) is 5.75 Å². The topological polar surface area (TPSA) is 49.8 Å². The van der Waals surface area contributed by atoms with Crippen molar-refractivity contribution in [1.29, 1.82) is 0 Å². The lowest BCUT2D eigenvalue weighted by molar-refractivity contribution is -0.155. The lowest BCUT2D eigenvalue weighted by Crippen LogP contribution is -2.56. The number of aliphatic carboxylic acids is 1. The van der Waals surface area contributed by atoms with Crippen LogP contribution in [0.2, 0.25) is 0 Å². The average Bonchev–Trinajstić information content (AvgIpc) is 3.20. The summed E-state index contributed by atoms with van der Waals surface area (Å²) >= 11 is 0. The van der Waals surface area contributed by atoms with Gasteiger partial charge in [0, 0.05) is 30.5 Å². The van der Waals surface area contributed by atoms with E-state index in [2.05, 4.69) is 61.2 Å². The monoisotopic (exact) mass is 467 g/mol. The van der Waals surface area contributed by atoms with Crippen LogP contribution in [0.4, 0.5) is 0 Å². The van der Waals surface area contributed by atoms with Gasteiger partial charge in [0.05, 0.1) is 12.5 Å². The Labute approximate surface area is 207 Å². The highest BCUT2D eigenvalue weighted by atomic mass is 16.5. The summed E-state index contributed by atoms with van der Waals surface area (Å²) in [6, 6.07) is 28.7. The lowest BCUT2D eigenvalue weighted by Gasteiger charge is -2.51. The zero-order valence-corrected chi connectivity index (χ0v) is 20.6. The Kier molecular flexibility index (Phi) is 6.02. The third kappa shape index (κ3) is 3.68. The number of likely N-dealkylation sites (tertiary alicyclic amines) is 1. The maximum Gasteiger partial charge on any atom is 0.312 e. The first-order valence-electron chi connectivity index (χ1n) is 12.3. The zero-order chi connectivity index (χ0) is 24.6. The third-order valence-electron chi connectivity index (χ3n) is 8.54. The maximum absolute atomic E-state index is 13.5.